The van der Waals surface area contributed by atoms with Crippen molar-refractivity contribution < 1.29 is 18.7 Å². The Morgan fingerprint density at radius 2 is 2.00 bits per heavy atom. The first kappa shape index (κ1) is 12.2. The van der Waals surface area contributed by atoms with Crippen LogP contribution in [-0.2, 0) is 0 Å². The largest absolute Gasteiger partial charge is 0.465 e. The molecule has 0 aromatic rings. The van der Waals surface area contributed by atoms with Gasteiger partial charge in [-0.15, -0.1) is 0 Å². The number of hydrogen-bond donors (Lipinski definition) is 1. The van der Waals surface area contributed by atoms with Gasteiger partial charge in [-0.1, -0.05) is 20.8 Å². The Bertz CT molecular complexity index is 261. The van der Waals surface area contributed by atoms with E-state index in [0.717, 1.165) is 4.90 Å². The van der Waals surface area contributed by atoms with E-state index in [1.165, 1.54) is 0 Å². The molecular weight excluding hydrogens is 204 g/mol. The number of carboxylic acid groups (broad SMARTS) is 1. The zero-order chi connectivity index (χ0) is 11.9. The number of likely N-dealkylation sites (tertiary alicyclic amines) is 1. The summed E-state index contributed by atoms with van der Waals surface area (Å²) in [6.07, 6.45) is -1.25. The van der Waals surface area contributed by atoms with Gasteiger partial charge in [-0.3, -0.25) is 4.90 Å². The van der Waals surface area contributed by atoms with Crippen molar-refractivity contribution in [3.05, 3.63) is 0 Å². The summed E-state index contributed by atoms with van der Waals surface area (Å²) in [7, 11) is 0. The highest BCUT2D eigenvalue weighted by Crippen LogP contribution is 2.42. The average Bonchev–Trinajstić information content (AvgIpc) is 1.98. The summed E-state index contributed by atoms with van der Waals surface area (Å²) < 4.78 is 27.3. The van der Waals surface area contributed by atoms with Crippen LogP contribution in [0.2, 0.25) is 0 Å². The predicted octanol–water partition coefficient (Wildman–Crippen LogP) is 2.81. The number of rotatable bonds is 0. The SMILES string of the molecule is CC(C)(C)C1N(C(=O)O)CCCC1(F)F. The molecule has 0 aromatic carbocycles. The minimum absolute atomic E-state index is 0.201. The van der Waals surface area contributed by atoms with Crippen molar-refractivity contribution in [2.75, 3.05) is 6.54 Å². The van der Waals surface area contributed by atoms with Crippen LogP contribution in [0, 0.1) is 5.41 Å². The van der Waals surface area contributed by atoms with Crippen LogP contribution in [0.3, 0.4) is 0 Å². The molecule has 1 atom stereocenters. The molecule has 15 heavy (non-hydrogen) atoms. The molecule has 0 saturated carbocycles. The second-order valence-electron chi connectivity index (χ2n) is 5.11. The quantitative estimate of drug-likeness (QED) is 0.683. The van der Waals surface area contributed by atoms with E-state index < -0.39 is 23.5 Å². The fourth-order valence-electron chi connectivity index (χ4n) is 2.29. The average molecular weight is 221 g/mol. The zero-order valence-electron chi connectivity index (χ0n) is 9.26. The standard InChI is InChI=1S/C10H17F2NO2/c1-9(2,3)7-10(11,12)5-4-6-13(7)8(14)15/h7H,4-6H2,1-3H3,(H,14,15). The van der Waals surface area contributed by atoms with Crippen molar-refractivity contribution in [3.8, 4) is 0 Å². The molecule has 0 spiro atoms. The maximum Gasteiger partial charge on any atom is 0.407 e. The van der Waals surface area contributed by atoms with E-state index in [4.69, 9.17) is 5.11 Å². The van der Waals surface area contributed by atoms with Gasteiger partial charge in [0, 0.05) is 13.0 Å². The lowest BCUT2D eigenvalue weighted by atomic mass is 9.78. The second-order valence-corrected chi connectivity index (χ2v) is 5.11. The number of alkyl halides is 2. The summed E-state index contributed by atoms with van der Waals surface area (Å²) in [5, 5.41) is 8.90. The lowest BCUT2D eigenvalue weighted by Crippen LogP contribution is -2.59. The van der Waals surface area contributed by atoms with E-state index in [2.05, 4.69) is 0 Å². The van der Waals surface area contributed by atoms with Gasteiger partial charge in [0.05, 0.1) is 0 Å². The lowest BCUT2D eigenvalue weighted by Gasteiger charge is -2.46. The molecule has 0 bridgehead atoms. The molecule has 1 aliphatic heterocycles. The molecule has 3 nitrogen and oxygen atoms in total. The van der Waals surface area contributed by atoms with E-state index >= 15 is 0 Å². The van der Waals surface area contributed by atoms with Crippen molar-refractivity contribution in [3.63, 3.8) is 0 Å². The number of amides is 1. The molecule has 1 unspecified atom stereocenters. The minimum atomic E-state index is -2.92. The van der Waals surface area contributed by atoms with Crippen LogP contribution in [0.5, 0.6) is 0 Å². The Morgan fingerprint density at radius 1 is 1.47 bits per heavy atom. The number of halogens is 2. The van der Waals surface area contributed by atoms with Crippen LogP contribution in [0.1, 0.15) is 33.6 Å². The van der Waals surface area contributed by atoms with Gasteiger partial charge in [-0.2, -0.15) is 0 Å². The van der Waals surface area contributed by atoms with Crippen LogP contribution in [0.15, 0.2) is 0 Å². The second kappa shape index (κ2) is 3.61. The van der Waals surface area contributed by atoms with Gasteiger partial charge in [0.1, 0.15) is 6.04 Å². The number of piperidine rings is 1. The fourth-order valence-corrected chi connectivity index (χ4v) is 2.29. The van der Waals surface area contributed by atoms with Crippen molar-refractivity contribution in [1.29, 1.82) is 0 Å². The molecule has 0 radical (unpaired) electrons. The molecule has 5 heteroatoms. The van der Waals surface area contributed by atoms with Crippen LogP contribution in [0.4, 0.5) is 13.6 Å². The van der Waals surface area contributed by atoms with Gasteiger partial charge in [0.25, 0.3) is 5.92 Å². The monoisotopic (exact) mass is 221 g/mol. The first-order valence-electron chi connectivity index (χ1n) is 5.03. The van der Waals surface area contributed by atoms with Gasteiger partial charge < -0.3 is 5.11 Å². The molecule has 1 N–H and O–H groups in total. The summed E-state index contributed by atoms with van der Waals surface area (Å²) >= 11 is 0. The van der Waals surface area contributed by atoms with Gasteiger partial charge in [-0.25, -0.2) is 13.6 Å². The number of hydrogen-bond acceptors (Lipinski definition) is 1. The minimum Gasteiger partial charge on any atom is -0.465 e. The van der Waals surface area contributed by atoms with Gasteiger partial charge in [0.15, 0.2) is 0 Å². The van der Waals surface area contributed by atoms with Gasteiger partial charge in [-0.05, 0) is 11.8 Å². The third kappa shape index (κ3) is 2.38. The Labute approximate surface area is 88.1 Å². The predicted molar refractivity (Wildman–Crippen MR) is 52.2 cm³/mol. The Morgan fingerprint density at radius 3 is 2.33 bits per heavy atom. The highest BCUT2D eigenvalue weighted by molar-refractivity contribution is 5.66. The summed E-state index contributed by atoms with van der Waals surface area (Å²) in [4.78, 5) is 11.8. The molecule has 88 valence electrons. The number of nitrogens with zero attached hydrogens (tertiary/aromatic N) is 1. The van der Waals surface area contributed by atoms with Crippen LogP contribution in [0.25, 0.3) is 0 Å². The molecule has 1 fully saturated rings. The lowest BCUT2D eigenvalue weighted by molar-refractivity contribution is -0.137. The molecule has 1 saturated heterocycles. The highest BCUT2D eigenvalue weighted by atomic mass is 19.3. The zero-order valence-corrected chi connectivity index (χ0v) is 9.26. The summed E-state index contributed by atoms with van der Waals surface area (Å²) in [5.74, 6) is -2.92. The van der Waals surface area contributed by atoms with Crippen LogP contribution >= 0.6 is 0 Å². The maximum atomic E-state index is 13.7. The smallest absolute Gasteiger partial charge is 0.407 e. The molecule has 1 heterocycles. The van der Waals surface area contributed by atoms with Crippen LogP contribution in [-0.4, -0.2) is 34.6 Å². The molecule has 0 aromatic heterocycles. The third-order valence-electron chi connectivity index (χ3n) is 2.69. The van der Waals surface area contributed by atoms with E-state index in [1.807, 2.05) is 0 Å². The van der Waals surface area contributed by atoms with Crippen molar-refractivity contribution in [2.45, 2.75) is 45.6 Å². The summed E-state index contributed by atoms with van der Waals surface area (Å²) in [6.45, 7) is 5.14. The number of carbonyl (C=O) groups is 1. The van der Waals surface area contributed by atoms with E-state index in [1.54, 1.807) is 20.8 Å². The van der Waals surface area contributed by atoms with E-state index in [0.29, 0.717) is 0 Å². The topological polar surface area (TPSA) is 40.5 Å². The van der Waals surface area contributed by atoms with E-state index in [9.17, 15) is 13.6 Å². The fraction of sp³-hybridized carbons (Fsp3) is 0.900. The molecule has 1 amide bonds. The summed E-state index contributed by atoms with van der Waals surface area (Å²) in [6, 6.07) is -1.23. The van der Waals surface area contributed by atoms with Crippen molar-refractivity contribution >= 4 is 6.09 Å². The molecule has 0 aliphatic carbocycles. The van der Waals surface area contributed by atoms with Gasteiger partial charge in [0.2, 0.25) is 0 Å². The van der Waals surface area contributed by atoms with Crippen molar-refractivity contribution in [1.82, 2.24) is 4.90 Å². The Hall–Kier alpha value is -0.870. The highest BCUT2D eigenvalue weighted by Gasteiger charge is 2.53. The third-order valence-corrected chi connectivity index (χ3v) is 2.69. The van der Waals surface area contributed by atoms with E-state index in [-0.39, 0.29) is 19.4 Å². The molecule has 1 aliphatic rings. The summed E-state index contributed by atoms with van der Waals surface area (Å²) in [5.41, 5.74) is -0.748. The maximum absolute atomic E-state index is 13.7. The van der Waals surface area contributed by atoms with Crippen LogP contribution < -0.4 is 0 Å². The first-order chi connectivity index (χ1) is 6.66. The Kier molecular flexibility index (Phi) is 2.94. The normalized spacial score (nSPS) is 26.5. The molecular formula is C10H17F2NO2. The first-order valence-corrected chi connectivity index (χ1v) is 5.03. The Balaban J connectivity index is 3.03. The van der Waals surface area contributed by atoms with Crippen molar-refractivity contribution in [2.24, 2.45) is 5.41 Å². The molecule has 1 rings (SSSR count). The van der Waals surface area contributed by atoms with Gasteiger partial charge >= 0.3 is 6.09 Å².